The summed E-state index contributed by atoms with van der Waals surface area (Å²) >= 11 is 13.1. The maximum Gasteiger partial charge on any atom is 0.262 e. The van der Waals surface area contributed by atoms with Crippen LogP contribution in [0.15, 0.2) is 30.3 Å². The zero-order valence-electron chi connectivity index (χ0n) is 13.0. The number of thiocarbonyl (C=S) groups is 1. The lowest BCUT2D eigenvalue weighted by molar-refractivity contribution is -0.116. The highest BCUT2D eigenvalue weighted by molar-refractivity contribution is 7.80. The molecular formula is C17H18ClN3OS2. The SMILES string of the molecule is O=C(/C=C/c1sc2ccccc2c1Cl)NNC(=S)NC1CCCC1. The lowest BCUT2D eigenvalue weighted by Gasteiger charge is -2.15. The molecule has 0 radical (unpaired) electrons. The predicted octanol–water partition coefficient (Wildman–Crippen LogP) is 4.01. The smallest absolute Gasteiger partial charge is 0.262 e. The molecule has 1 aromatic heterocycles. The monoisotopic (exact) mass is 379 g/mol. The quantitative estimate of drug-likeness (QED) is 0.428. The first-order chi connectivity index (χ1) is 11.6. The van der Waals surface area contributed by atoms with E-state index >= 15 is 0 Å². The van der Waals surface area contributed by atoms with Crippen LogP contribution in [0.25, 0.3) is 16.2 Å². The van der Waals surface area contributed by atoms with Gasteiger partial charge in [-0.05, 0) is 37.2 Å². The van der Waals surface area contributed by atoms with Crippen molar-refractivity contribution in [1.82, 2.24) is 16.2 Å². The van der Waals surface area contributed by atoms with Crippen molar-refractivity contribution in [2.24, 2.45) is 0 Å². The Hall–Kier alpha value is -1.63. The number of hydrazine groups is 1. The Morgan fingerprint density at radius 1 is 1.25 bits per heavy atom. The van der Waals surface area contributed by atoms with E-state index in [1.807, 2.05) is 24.3 Å². The maximum atomic E-state index is 11.9. The van der Waals surface area contributed by atoms with Crippen molar-refractivity contribution >= 4 is 62.3 Å². The van der Waals surface area contributed by atoms with Gasteiger partial charge in [0, 0.05) is 27.1 Å². The summed E-state index contributed by atoms with van der Waals surface area (Å²) in [5.74, 6) is -0.279. The molecule has 1 aliphatic carbocycles. The lowest BCUT2D eigenvalue weighted by atomic mass is 10.2. The normalized spacial score (nSPS) is 15.0. The summed E-state index contributed by atoms with van der Waals surface area (Å²) in [6.07, 6.45) is 7.87. The molecule has 1 fully saturated rings. The molecule has 1 saturated carbocycles. The minimum Gasteiger partial charge on any atom is -0.359 e. The van der Waals surface area contributed by atoms with Crippen molar-refractivity contribution < 1.29 is 4.79 Å². The van der Waals surface area contributed by atoms with Crippen molar-refractivity contribution in [3.05, 3.63) is 40.2 Å². The van der Waals surface area contributed by atoms with Crippen LogP contribution in [0.4, 0.5) is 0 Å². The van der Waals surface area contributed by atoms with Gasteiger partial charge in [0.25, 0.3) is 5.91 Å². The van der Waals surface area contributed by atoms with E-state index in [4.69, 9.17) is 23.8 Å². The molecule has 0 bridgehead atoms. The first-order valence-electron chi connectivity index (χ1n) is 7.85. The molecule has 4 nitrogen and oxygen atoms in total. The number of hydrogen-bond donors (Lipinski definition) is 3. The van der Waals surface area contributed by atoms with Gasteiger partial charge in [0.1, 0.15) is 0 Å². The molecule has 0 atom stereocenters. The Morgan fingerprint density at radius 2 is 2.00 bits per heavy atom. The Bertz CT molecular complexity index is 781. The van der Waals surface area contributed by atoms with Crippen LogP contribution in [0.3, 0.4) is 0 Å². The van der Waals surface area contributed by atoms with Gasteiger partial charge in [-0.25, -0.2) is 0 Å². The van der Waals surface area contributed by atoms with Gasteiger partial charge in [0.15, 0.2) is 5.11 Å². The fourth-order valence-corrected chi connectivity index (χ4v) is 4.36. The van der Waals surface area contributed by atoms with Crippen molar-refractivity contribution in [1.29, 1.82) is 0 Å². The fourth-order valence-electron chi connectivity index (χ4n) is 2.74. The van der Waals surface area contributed by atoms with Crippen LogP contribution < -0.4 is 16.2 Å². The van der Waals surface area contributed by atoms with Gasteiger partial charge in [-0.15, -0.1) is 11.3 Å². The molecule has 0 aliphatic heterocycles. The second-order valence-corrected chi connectivity index (χ2v) is 7.55. The number of nitrogens with one attached hydrogen (secondary N) is 3. The zero-order valence-corrected chi connectivity index (χ0v) is 15.4. The van der Waals surface area contributed by atoms with E-state index in [2.05, 4.69) is 16.2 Å². The molecular weight excluding hydrogens is 362 g/mol. The summed E-state index contributed by atoms with van der Waals surface area (Å²) in [6, 6.07) is 8.31. The third-order valence-corrected chi connectivity index (χ3v) is 5.81. The molecule has 126 valence electrons. The van der Waals surface area contributed by atoms with Crippen molar-refractivity contribution in [2.45, 2.75) is 31.7 Å². The Labute approximate surface area is 155 Å². The van der Waals surface area contributed by atoms with Gasteiger partial charge in [-0.1, -0.05) is 42.6 Å². The van der Waals surface area contributed by atoms with E-state index in [0.717, 1.165) is 27.8 Å². The standard InChI is InChI=1S/C17H18ClN3OS2/c18-16-12-7-3-4-8-13(12)24-14(16)9-10-15(22)20-21-17(23)19-11-5-1-2-6-11/h3-4,7-11H,1-2,5-6H2,(H,20,22)(H2,19,21,23)/b10-9+. The summed E-state index contributed by atoms with van der Waals surface area (Å²) in [5.41, 5.74) is 5.29. The van der Waals surface area contributed by atoms with Gasteiger partial charge in [-0.2, -0.15) is 0 Å². The van der Waals surface area contributed by atoms with Crippen LogP contribution >= 0.6 is 35.2 Å². The van der Waals surface area contributed by atoms with E-state index in [1.54, 1.807) is 17.4 Å². The zero-order chi connectivity index (χ0) is 16.9. The molecule has 1 aliphatic rings. The molecule has 0 unspecified atom stereocenters. The van der Waals surface area contributed by atoms with E-state index in [-0.39, 0.29) is 5.91 Å². The van der Waals surface area contributed by atoms with Gasteiger partial charge in [0.2, 0.25) is 0 Å². The highest BCUT2D eigenvalue weighted by atomic mass is 35.5. The van der Waals surface area contributed by atoms with Crippen LogP contribution in [0.1, 0.15) is 30.6 Å². The summed E-state index contributed by atoms with van der Waals surface area (Å²) in [7, 11) is 0. The van der Waals surface area contributed by atoms with Crippen LogP contribution in [0, 0.1) is 0 Å². The second-order valence-electron chi connectivity index (χ2n) is 5.68. The average molecular weight is 380 g/mol. The summed E-state index contributed by atoms with van der Waals surface area (Å²) in [6.45, 7) is 0. The number of rotatable bonds is 3. The molecule has 1 aromatic carbocycles. The number of carbonyl (C=O) groups excluding carboxylic acids is 1. The van der Waals surface area contributed by atoms with Crippen molar-refractivity contribution in [3.63, 3.8) is 0 Å². The summed E-state index contributed by atoms with van der Waals surface area (Å²) in [5, 5.41) is 5.32. The topological polar surface area (TPSA) is 53.2 Å². The van der Waals surface area contributed by atoms with E-state index in [1.165, 1.54) is 18.9 Å². The number of hydrogen-bond acceptors (Lipinski definition) is 3. The second kappa shape index (κ2) is 7.96. The number of halogens is 1. The number of fused-ring (bicyclic) bond motifs is 1. The number of carbonyl (C=O) groups is 1. The first kappa shape index (κ1) is 17.2. The van der Waals surface area contributed by atoms with Gasteiger partial charge >= 0.3 is 0 Å². The number of amides is 1. The minimum atomic E-state index is -0.279. The molecule has 3 N–H and O–H groups in total. The lowest BCUT2D eigenvalue weighted by Crippen LogP contribution is -2.48. The Kier molecular flexibility index (Phi) is 5.71. The molecule has 0 saturated heterocycles. The molecule has 0 spiro atoms. The highest BCUT2D eigenvalue weighted by Crippen LogP contribution is 2.35. The molecule has 1 heterocycles. The van der Waals surface area contributed by atoms with Gasteiger partial charge < -0.3 is 5.32 Å². The van der Waals surface area contributed by atoms with Crippen molar-refractivity contribution in [2.75, 3.05) is 0 Å². The molecule has 1 amide bonds. The van der Waals surface area contributed by atoms with Crippen molar-refractivity contribution in [3.8, 4) is 0 Å². The maximum absolute atomic E-state index is 11.9. The summed E-state index contributed by atoms with van der Waals surface area (Å²) < 4.78 is 1.10. The highest BCUT2D eigenvalue weighted by Gasteiger charge is 2.15. The molecule has 2 aromatic rings. The van der Waals surface area contributed by atoms with E-state index in [0.29, 0.717) is 16.2 Å². The molecule has 3 rings (SSSR count). The fraction of sp³-hybridized carbons (Fsp3) is 0.294. The van der Waals surface area contributed by atoms with Crippen LogP contribution in [-0.2, 0) is 4.79 Å². The third kappa shape index (κ3) is 4.26. The Morgan fingerprint density at radius 3 is 2.75 bits per heavy atom. The average Bonchev–Trinajstić information content (AvgIpc) is 3.19. The first-order valence-corrected chi connectivity index (χ1v) is 9.45. The third-order valence-electron chi connectivity index (χ3n) is 3.94. The Balaban J connectivity index is 1.52. The molecule has 24 heavy (non-hydrogen) atoms. The predicted molar refractivity (Wildman–Crippen MR) is 105 cm³/mol. The number of benzene rings is 1. The van der Waals surface area contributed by atoms with E-state index < -0.39 is 0 Å². The van der Waals surface area contributed by atoms with E-state index in [9.17, 15) is 4.79 Å². The van der Waals surface area contributed by atoms with Crippen LogP contribution in [-0.4, -0.2) is 17.1 Å². The summed E-state index contributed by atoms with van der Waals surface area (Å²) in [4.78, 5) is 12.8. The minimum absolute atomic E-state index is 0.279. The van der Waals surface area contributed by atoms with Gasteiger partial charge in [0.05, 0.1) is 5.02 Å². The largest absolute Gasteiger partial charge is 0.359 e. The van der Waals surface area contributed by atoms with Crippen LogP contribution in [0.2, 0.25) is 5.02 Å². The van der Waals surface area contributed by atoms with Gasteiger partial charge in [-0.3, -0.25) is 15.6 Å². The number of thiophene rings is 1. The van der Waals surface area contributed by atoms with Crippen LogP contribution in [0.5, 0.6) is 0 Å². The molecule has 7 heteroatoms.